The van der Waals surface area contributed by atoms with Gasteiger partial charge >= 0.3 is 20.4 Å². The molecule has 0 aliphatic heterocycles. The maximum absolute atomic E-state index is 8.25. The molecule has 360 valence electrons. The second kappa shape index (κ2) is 64.5. The van der Waals surface area contributed by atoms with Gasteiger partial charge in [0, 0.05) is 0 Å². The number of hydrogen-bond donors (Lipinski definition) is 0. The molecule has 0 aliphatic carbocycles. The van der Waals surface area contributed by atoms with Crippen LogP contribution in [0.15, 0.2) is 0 Å². The molecule has 0 N–H and O–H groups in total. The van der Waals surface area contributed by atoms with Crippen molar-refractivity contribution in [3.05, 3.63) is 30.6 Å². The summed E-state index contributed by atoms with van der Waals surface area (Å²) in [5.41, 5.74) is 0. The molecule has 0 spiro atoms. The van der Waals surface area contributed by atoms with Crippen molar-refractivity contribution in [1.29, 1.82) is 0 Å². The van der Waals surface area contributed by atoms with Gasteiger partial charge < -0.3 is 30.6 Å². The smallest absolute Gasteiger partial charge is 0.356 e. The minimum atomic E-state index is -1.75. The molecule has 0 atom stereocenters. The van der Waals surface area contributed by atoms with Crippen molar-refractivity contribution in [2.45, 2.75) is 273 Å². The van der Waals surface area contributed by atoms with Gasteiger partial charge in [-0.2, -0.15) is 0 Å². The van der Waals surface area contributed by atoms with Crippen LogP contribution in [-0.4, -0.2) is 47.1 Å². The first-order chi connectivity index (χ1) is 28.2. The Bertz CT molecular complexity index is 616. The number of unbranched alkanes of at least 4 members (excludes halogenated alkanes) is 30. The van der Waals surface area contributed by atoms with Crippen molar-refractivity contribution in [3.8, 4) is 0 Å². The molecule has 8 nitrogen and oxygen atoms in total. The average molecular weight is 972 g/mol. The first-order valence-corrected chi connectivity index (χ1v) is 29.0. The van der Waals surface area contributed by atoms with Crippen molar-refractivity contribution in [2.24, 2.45) is 0 Å². The molecule has 0 unspecified atom stereocenters. The molecular weight excluding hydrogens is 869 g/mol. The van der Waals surface area contributed by atoms with Crippen LogP contribution in [0.4, 0.5) is 0 Å². The molecule has 0 rings (SSSR count). The van der Waals surface area contributed by atoms with Gasteiger partial charge in [-0.3, -0.25) is 0 Å². The average Bonchev–Trinajstić information content (AvgIpc) is 3.19. The largest absolute Gasteiger partial charge is 2.00 e. The van der Waals surface area contributed by atoms with Crippen molar-refractivity contribution >= 4 is 15.8 Å². The molecule has 0 fully saturated rings. The van der Waals surface area contributed by atoms with E-state index in [0.717, 1.165) is 0 Å². The first-order valence-electron chi connectivity index (χ1n) is 25.2. The third-order valence-corrected chi connectivity index (χ3v) is 16.7. The Balaban J connectivity index is -0.000000274. The summed E-state index contributed by atoms with van der Waals surface area (Å²) in [6.45, 7) is 13.9. The molecular formula is C48H102N2O6P2Pd. The zero-order valence-corrected chi connectivity index (χ0v) is 43.6. The standard InChI is InChI=1S/2C24H51P.2NO3.Pd/c2*1-4-7-10-13-16-19-22-25(23-20-17-14-11-8-5-2)24-21-18-15-12-9-6-3;2*2-1(3)4;/h2*4-24H2,1-3H3;;;/q;;2*-1;+2. The van der Waals surface area contributed by atoms with Crippen LogP contribution in [-0.2, 0) is 20.4 Å². The van der Waals surface area contributed by atoms with E-state index in [0.29, 0.717) is 15.8 Å². The molecule has 59 heavy (non-hydrogen) atoms. The van der Waals surface area contributed by atoms with E-state index in [9.17, 15) is 0 Å². The van der Waals surface area contributed by atoms with E-state index in [4.69, 9.17) is 30.6 Å². The Morgan fingerprint density at radius 1 is 0.254 bits per heavy atom. The summed E-state index contributed by atoms with van der Waals surface area (Å²) in [6, 6.07) is 0. The van der Waals surface area contributed by atoms with Gasteiger partial charge in [0.2, 0.25) is 0 Å². The second-order valence-corrected chi connectivity index (χ2v) is 22.1. The monoisotopic (exact) mass is 971 g/mol. The summed E-state index contributed by atoms with van der Waals surface area (Å²) in [7, 11) is 0.732. The Hall–Kier alpha value is -0.0777. The van der Waals surface area contributed by atoms with Crippen LogP contribution >= 0.6 is 15.8 Å². The Labute approximate surface area is 384 Å². The molecule has 0 saturated heterocycles. The predicted molar refractivity (Wildman–Crippen MR) is 264 cm³/mol. The molecule has 11 heteroatoms. The third-order valence-electron chi connectivity index (χ3n) is 11.0. The van der Waals surface area contributed by atoms with E-state index in [2.05, 4.69) is 41.5 Å². The van der Waals surface area contributed by atoms with E-state index in [1.54, 1.807) is 37.0 Å². The Morgan fingerprint density at radius 2 is 0.356 bits per heavy atom. The van der Waals surface area contributed by atoms with Crippen LogP contribution in [0.5, 0.6) is 0 Å². The molecule has 0 radical (unpaired) electrons. The first kappa shape index (κ1) is 68.0. The second-order valence-electron chi connectivity index (χ2n) is 16.7. The zero-order chi connectivity index (χ0) is 44.0. The van der Waals surface area contributed by atoms with Crippen molar-refractivity contribution in [3.63, 3.8) is 0 Å². The van der Waals surface area contributed by atoms with E-state index >= 15 is 0 Å². The van der Waals surface area contributed by atoms with Gasteiger partial charge in [0.25, 0.3) is 0 Å². The van der Waals surface area contributed by atoms with Crippen LogP contribution in [0.1, 0.15) is 273 Å². The van der Waals surface area contributed by atoms with Crippen LogP contribution in [0.3, 0.4) is 0 Å². The molecule has 0 aromatic rings. The minimum Gasteiger partial charge on any atom is -0.356 e. The van der Waals surface area contributed by atoms with Crippen LogP contribution in [0.25, 0.3) is 0 Å². The molecule has 0 amide bonds. The summed E-state index contributed by atoms with van der Waals surface area (Å²) in [6.07, 6.45) is 62.5. The molecule has 0 saturated carbocycles. The fraction of sp³-hybridized carbons (Fsp3) is 1.00. The van der Waals surface area contributed by atoms with E-state index in [1.807, 2.05) is 0 Å². The van der Waals surface area contributed by atoms with Gasteiger partial charge in [-0.05, 0) is 75.5 Å². The van der Waals surface area contributed by atoms with Gasteiger partial charge in [0.15, 0.2) is 0 Å². The van der Waals surface area contributed by atoms with Gasteiger partial charge in [-0.25, -0.2) is 0 Å². The summed E-state index contributed by atoms with van der Waals surface area (Å²) >= 11 is 0. The normalized spacial score (nSPS) is 10.6. The number of hydrogen-bond acceptors (Lipinski definition) is 6. The summed E-state index contributed by atoms with van der Waals surface area (Å²) in [4.78, 5) is 16.5. The van der Waals surface area contributed by atoms with Gasteiger partial charge in [0.1, 0.15) is 0 Å². The van der Waals surface area contributed by atoms with Crippen LogP contribution < -0.4 is 0 Å². The number of rotatable bonds is 42. The number of nitrogens with zero attached hydrogens (tertiary/aromatic N) is 2. The topological polar surface area (TPSA) is 132 Å². The van der Waals surface area contributed by atoms with E-state index < -0.39 is 10.2 Å². The Morgan fingerprint density at radius 3 is 0.475 bits per heavy atom. The van der Waals surface area contributed by atoms with E-state index in [1.165, 1.54) is 231 Å². The summed E-state index contributed by atoms with van der Waals surface area (Å²) in [5, 5.41) is 29.5. The quantitative estimate of drug-likeness (QED) is 0.0197. The maximum Gasteiger partial charge on any atom is 2.00 e. The molecule has 0 heterocycles. The SMILES string of the molecule is CCCCCCCCP(CCCCCCCC)CCCCCCCC.CCCCCCCCP(CCCCCCCC)CCCCCCCC.O=[N+]([O-])[O-].O=[N+]([O-])[O-].[Pd+2]. The summed E-state index contributed by atoms with van der Waals surface area (Å²) in [5.74, 6) is 0. The summed E-state index contributed by atoms with van der Waals surface area (Å²) < 4.78 is 0. The van der Waals surface area contributed by atoms with E-state index in [-0.39, 0.29) is 20.4 Å². The van der Waals surface area contributed by atoms with Gasteiger partial charge in [-0.1, -0.05) is 234 Å². The molecule has 0 bridgehead atoms. The zero-order valence-electron chi connectivity index (χ0n) is 40.3. The predicted octanol–water partition coefficient (Wildman–Crippen LogP) is 18.6. The molecule has 0 aromatic heterocycles. The fourth-order valence-electron chi connectivity index (χ4n) is 7.37. The van der Waals surface area contributed by atoms with Crippen molar-refractivity contribution < 1.29 is 30.6 Å². The fourth-order valence-corrected chi connectivity index (χ4v) is 12.7. The van der Waals surface area contributed by atoms with Crippen LogP contribution in [0.2, 0.25) is 0 Å². The maximum atomic E-state index is 8.25. The molecule has 0 aliphatic rings. The van der Waals surface area contributed by atoms with Crippen molar-refractivity contribution in [1.82, 2.24) is 0 Å². The molecule has 0 aromatic carbocycles. The minimum absolute atomic E-state index is 0. The van der Waals surface area contributed by atoms with Gasteiger partial charge in [0.05, 0.1) is 10.2 Å². The van der Waals surface area contributed by atoms with Crippen molar-refractivity contribution in [2.75, 3.05) is 37.0 Å². The van der Waals surface area contributed by atoms with Crippen LogP contribution in [0, 0.1) is 30.6 Å². The van der Waals surface area contributed by atoms with Gasteiger partial charge in [-0.15, -0.1) is 15.8 Å². The Kier molecular flexibility index (Phi) is 74.4. The third kappa shape index (κ3) is 78.9.